The van der Waals surface area contributed by atoms with Crippen molar-refractivity contribution in [3.05, 3.63) is 27.8 Å². The summed E-state index contributed by atoms with van der Waals surface area (Å²) in [5.41, 5.74) is 0.219. The van der Waals surface area contributed by atoms with Gasteiger partial charge >= 0.3 is 0 Å². The molecule has 0 fully saturated rings. The van der Waals surface area contributed by atoms with E-state index in [4.69, 9.17) is 0 Å². The fourth-order valence-electron chi connectivity index (χ4n) is 1.15. The molecule has 6 nitrogen and oxygen atoms in total. The van der Waals surface area contributed by atoms with Gasteiger partial charge in [-0.1, -0.05) is 0 Å². The standard InChI is InChI=1S/C9H10N2O4/c1-5-3-7(11(14)15)4-8(9(5)13)10-6(2)12/h3-4,13H,1-2H3,(H,10,12). The van der Waals surface area contributed by atoms with Crippen molar-refractivity contribution < 1.29 is 14.8 Å². The lowest BCUT2D eigenvalue weighted by molar-refractivity contribution is -0.384. The average Bonchev–Trinajstić information content (AvgIpc) is 2.11. The van der Waals surface area contributed by atoms with Gasteiger partial charge in [0, 0.05) is 19.1 Å². The van der Waals surface area contributed by atoms with Gasteiger partial charge in [-0.15, -0.1) is 0 Å². The van der Waals surface area contributed by atoms with Crippen LogP contribution in [0.15, 0.2) is 12.1 Å². The third-order valence-corrected chi connectivity index (χ3v) is 1.81. The molecule has 2 N–H and O–H groups in total. The van der Waals surface area contributed by atoms with Crippen LogP contribution in [0.2, 0.25) is 0 Å². The van der Waals surface area contributed by atoms with Gasteiger partial charge in [0.1, 0.15) is 5.75 Å². The van der Waals surface area contributed by atoms with Gasteiger partial charge in [0.15, 0.2) is 0 Å². The monoisotopic (exact) mass is 210 g/mol. The van der Waals surface area contributed by atoms with Crippen LogP contribution in [0.25, 0.3) is 0 Å². The zero-order valence-corrected chi connectivity index (χ0v) is 8.27. The van der Waals surface area contributed by atoms with Crippen LogP contribution < -0.4 is 5.32 Å². The van der Waals surface area contributed by atoms with E-state index in [0.717, 1.165) is 6.07 Å². The van der Waals surface area contributed by atoms with Crippen LogP contribution in [-0.4, -0.2) is 15.9 Å². The Morgan fingerprint density at radius 3 is 2.60 bits per heavy atom. The van der Waals surface area contributed by atoms with E-state index in [9.17, 15) is 20.0 Å². The van der Waals surface area contributed by atoms with Gasteiger partial charge in [-0.25, -0.2) is 0 Å². The number of rotatable bonds is 2. The molecule has 0 bridgehead atoms. The molecule has 0 saturated carbocycles. The van der Waals surface area contributed by atoms with Crippen LogP contribution in [-0.2, 0) is 4.79 Å². The maximum atomic E-state index is 10.8. The molecule has 0 aromatic heterocycles. The van der Waals surface area contributed by atoms with Crippen molar-refractivity contribution in [3.63, 3.8) is 0 Å². The number of non-ortho nitro benzene ring substituents is 1. The predicted molar refractivity (Wildman–Crippen MR) is 53.8 cm³/mol. The Bertz CT molecular complexity index is 428. The maximum Gasteiger partial charge on any atom is 0.272 e. The molecule has 0 aliphatic carbocycles. The third-order valence-electron chi connectivity index (χ3n) is 1.81. The van der Waals surface area contributed by atoms with Crippen molar-refractivity contribution in [2.75, 3.05) is 5.32 Å². The number of amides is 1. The Kier molecular flexibility index (Phi) is 2.89. The normalized spacial score (nSPS) is 9.73. The Labute approximate surface area is 85.7 Å². The number of aromatic hydroxyl groups is 1. The summed E-state index contributed by atoms with van der Waals surface area (Å²) in [6.07, 6.45) is 0. The molecule has 0 unspecified atom stereocenters. The zero-order chi connectivity index (χ0) is 11.6. The largest absolute Gasteiger partial charge is 0.505 e. The van der Waals surface area contributed by atoms with Crippen molar-refractivity contribution in [2.45, 2.75) is 13.8 Å². The number of nitrogens with one attached hydrogen (secondary N) is 1. The van der Waals surface area contributed by atoms with Gasteiger partial charge in [0.25, 0.3) is 5.69 Å². The summed E-state index contributed by atoms with van der Waals surface area (Å²) in [5, 5.41) is 22.3. The molecular weight excluding hydrogens is 200 g/mol. The summed E-state index contributed by atoms with van der Waals surface area (Å²) in [5.74, 6) is -0.555. The highest BCUT2D eigenvalue weighted by molar-refractivity contribution is 5.91. The molecule has 0 heterocycles. The van der Waals surface area contributed by atoms with E-state index in [0.29, 0.717) is 5.56 Å². The number of anilines is 1. The van der Waals surface area contributed by atoms with Gasteiger partial charge in [-0.3, -0.25) is 14.9 Å². The summed E-state index contributed by atoms with van der Waals surface area (Å²) in [6, 6.07) is 2.35. The first-order valence-electron chi connectivity index (χ1n) is 4.17. The van der Waals surface area contributed by atoms with Crippen molar-refractivity contribution in [2.24, 2.45) is 0 Å². The number of carbonyl (C=O) groups is 1. The van der Waals surface area contributed by atoms with E-state index < -0.39 is 10.8 Å². The lowest BCUT2D eigenvalue weighted by atomic mass is 10.1. The number of carbonyl (C=O) groups excluding carboxylic acids is 1. The Morgan fingerprint density at radius 1 is 1.53 bits per heavy atom. The molecular formula is C9H10N2O4. The van der Waals surface area contributed by atoms with Crippen LogP contribution in [0.5, 0.6) is 5.75 Å². The molecule has 1 aromatic rings. The number of hydrogen-bond donors (Lipinski definition) is 2. The molecule has 0 aliphatic rings. The van der Waals surface area contributed by atoms with Gasteiger partial charge < -0.3 is 10.4 Å². The molecule has 0 radical (unpaired) electrons. The summed E-state index contributed by atoms with van der Waals surface area (Å²) in [4.78, 5) is 20.7. The number of aryl methyl sites for hydroxylation is 1. The van der Waals surface area contributed by atoms with Crippen molar-refractivity contribution in [3.8, 4) is 5.75 Å². The SMILES string of the molecule is CC(=O)Nc1cc([N+](=O)[O-])cc(C)c1O. The van der Waals surface area contributed by atoms with Crippen molar-refractivity contribution in [1.82, 2.24) is 0 Å². The van der Waals surface area contributed by atoms with Gasteiger partial charge in [-0.05, 0) is 12.5 Å². The summed E-state index contributed by atoms with van der Waals surface area (Å²) < 4.78 is 0. The third kappa shape index (κ3) is 2.43. The summed E-state index contributed by atoms with van der Waals surface area (Å²) >= 11 is 0. The van der Waals surface area contributed by atoms with E-state index in [1.165, 1.54) is 19.9 Å². The molecule has 0 aliphatic heterocycles. The van der Waals surface area contributed by atoms with Crippen LogP contribution in [0.1, 0.15) is 12.5 Å². The first-order valence-corrected chi connectivity index (χ1v) is 4.17. The van der Waals surface area contributed by atoms with E-state index in [-0.39, 0.29) is 17.1 Å². The van der Waals surface area contributed by atoms with Crippen LogP contribution in [0.3, 0.4) is 0 Å². The first-order chi connectivity index (χ1) is 6.91. The lowest BCUT2D eigenvalue weighted by Gasteiger charge is -2.07. The number of nitrogens with zero attached hydrogens (tertiary/aromatic N) is 1. The van der Waals surface area contributed by atoms with Crippen LogP contribution in [0, 0.1) is 17.0 Å². The predicted octanol–water partition coefficient (Wildman–Crippen LogP) is 1.57. The fourth-order valence-corrected chi connectivity index (χ4v) is 1.15. The van der Waals surface area contributed by atoms with Gasteiger partial charge in [0.2, 0.25) is 5.91 Å². The number of nitro groups is 1. The molecule has 0 atom stereocenters. The Balaban J connectivity index is 3.24. The van der Waals surface area contributed by atoms with Crippen molar-refractivity contribution in [1.29, 1.82) is 0 Å². The van der Waals surface area contributed by atoms with Gasteiger partial charge in [-0.2, -0.15) is 0 Å². The number of benzene rings is 1. The first kappa shape index (κ1) is 11.0. The van der Waals surface area contributed by atoms with Crippen LogP contribution >= 0.6 is 0 Å². The smallest absolute Gasteiger partial charge is 0.272 e. The number of hydrogen-bond acceptors (Lipinski definition) is 4. The van der Waals surface area contributed by atoms with E-state index in [2.05, 4.69) is 5.32 Å². The molecule has 15 heavy (non-hydrogen) atoms. The molecule has 0 saturated heterocycles. The van der Waals surface area contributed by atoms with E-state index in [1.807, 2.05) is 0 Å². The number of phenolic OH excluding ortho intramolecular Hbond substituents is 1. The Morgan fingerprint density at radius 2 is 2.13 bits per heavy atom. The summed E-state index contributed by atoms with van der Waals surface area (Å²) in [6.45, 7) is 2.78. The number of phenols is 1. The second-order valence-electron chi connectivity index (χ2n) is 3.10. The van der Waals surface area contributed by atoms with Crippen molar-refractivity contribution >= 4 is 17.3 Å². The van der Waals surface area contributed by atoms with E-state index >= 15 is 0 Å². The highest BCUT2D eigenvalue weighted by Crippen LogP contribution is 2.31. The Hall–Kier alpha value is -2.11. The fraction of sp³-hybridized carbons (Fsp3) is 0.222. The minimum Gasteiger partial charge on any atom is -0.505 e. The maximum absolute atomic E-state index is 10.8. The topological polar surface area (TPSA) is 92.5 Å². The quantitative estimate of drug-likeness (QED) is 0.440. The lowest BCUT2D eigenvalue weighted by Crippen LogP contribution is -2.06. The zero-order valence-electron chi connectivity index (χ0n) is 8.27. The second-order valence-corrected chi connectivity index (χ2v) is 3.10. The molecule has 6 heteroatoms. The molecule has 80 valence electrons. The minimum absolute atomic E-state index is 0.0502. The average molecular weight is 210 g/mol. The van der Waals surface area contributed by atoms with Crippen LogP contribution in [0.4, 0.5) is 11.4 Å². The van der Waals surface area contributed by atoms with Gasteiger partial charge in [0.05, 0.1) is 10.6 Å². The second kappa shape index (κ2) is 3.95. The highest BCUT2D eigenvalue weighted by atomic mass is 16.6. The minimum atomic E-state index is -0.586. The molecule has 1 aromatic carbocycles. The molecule has 0 spiro atoms. The highest BCUT2D eigenvalue weighted by Gasteiger charge is 2.14. The molecule has 1 rings (SSSR count). The number of nitro benzene ring substituents is 1. The van der Waals surface area contributed by atoms with E-state index in [1.54, 1.807) is 0 Å². The summed E-state index contributed by atoms with van der Waals surface area (Å²) in [7, 11) is 0. The molecule has 1 amide bonds.